The Labute approximate surface area is 126 Å². The van der Waals surface area contributed by atoms with Gasteiger partial charge in [0.25, 0.3) is 0 Å². The highest BCUT2D eigenvalue weighted by Crippen LogP contribution is 2.26. The third-order valence-electron chi connectivity index (χ3n) is 3.37. The smallest absolute Gasteiger partial charge is 0.238 e. The number of nitrogens with zero attached hydrogens (tertiary/aromatic N) is 2. The fourth-order valence-electron chi connectivity index (χ4n) is 2.34. The van der Waals surface area contributed by atoms with E-state index in [1.807, 2.05) is 40.2 Å². The van der Waals surface area contributed by atoms with Crippen molar-refractivity contribution in [1.82, 2.24) is 9.38 Å². The first kappa shape index (κ1) is 13.9. The number of nitrogens with one attached hydrogen (secondary N) is 1. The summed E-state index contributed by atoms with van der Waals surface area (Å²) in [7, 11) is 1.62. The molecule has 5 nitrogen and oxygen atoms in total. The molecule has 110 valence electrons. The first-order valence-electron chi connectivity index (χ1n) is 6.70. The Kier molecular flexibility index (Phi) is 3.81. The molecule has 0 radical (unpaired) electrons. The lowest BCUT2D eigenvalue weighted by molar-refractivity contribution is 0.200. The van der Waals surface area contributed by atoms with Gasteiger partial charge in [-0.15, -0.1) is 11.3 Å². The summed E-state index contributed by atoms with van der Waals surface area (Å²) >= 11 is 1.57. The molecule has 21 heavy (non-hydrogen) atoms. The van der Waals surface area contributed by atoms with Crippen molar-refractivity contribution in [3.8, 4) is 5.88 Å². The molecule has 0 saturated heterocycles. The second kappa shape index (κ2) is 5.75. The first-order chi connectivity index (χ1) is 10.2. The standard InChI is InChI=1S/C15H17N3O2S/c1-10(19)11-5-3-4-6-12(11)16-9-13-14(20-2)17-15-18(13)7-8-21-15/h3-8,10,16,19H,9H2,1-2H3. The normalized spacial score (nSPS) is 12.5. The summed E-state index contributed by atoms with van der Waals surface area (Å²) in [6.45, 7) is 2.34. The Bertz CT molecular complexity index is 748. The van der Waals surface area contributed by atoms with Crippen LogP contribution in [0.5, 0.6) is 5.88 Å². The minimum absolute atomic E-state index is 0.512. The van der Waals surface area contributed by atoms with Crippen LogP contribution in [0.15, 0.2) is 35.8 Å². The minimum Gasteiger partial charge on any atom is -0.480 e. The van der Waals surface area contributed by atoms with Crippen molar-refractivity contribution in [2.24, 2.45) is 0 Å². The van der Waals surface area contributed by atoms with Crippen LogP contribution < -0.4 is 10.1 Å². The molecule has 0 spiro atoms. The largest absolute Gasteiger partial charge is 0.480 e. The van der Waals surface area contributed by atoms with Crippen molar-refractivity contribution >= 4 is 22.0 Å². The van der Waals surface area contributed by atoms with Crippen LogP contribution in [0.25, 0.3) is 4.96 Å². The number of anilines is 1. The summed E-state index contributed by atoms with van der Waals surface area (Å²) < 4.78 is 7.36. The first-order valence-corrected chi connectivity index (χ1v) is 7.58. The lowest BCUT2D eigenvalue weighted by Crippen LogP contribution is -2.06. The third-order valence-corrected chi connectivity index (χ3v) is 4.13. The molecular formula is C15H17N3O2S. The van der Waals surface area contributed by atoms with Gasteiger partial charge in [-0.05, 0) is 13.0 Å². The molecule has 1 unspecified atom stereocenters. The van der Waals surface area contributed by atoms with E-state index in [2.05, 4.69) is 10.3 Å². The van der Waals surface area contributed by atoms with Gasteiger partial charge >= 0.3 is 0 Å². The zero-order valence-corrected chi connectivity index (χ0v) is 12.7. The van der Waals surface area contributed by atoms with Crippen molar-refractivity contribution in [3.05, 3.63) is 47.1 Å². The van der Waals surface area contributed by atoms with Crippen LogP contribution in [0, 0.1) is 0 Å². The highest BCUT2D eigenvalue weighted by atomic mass is 32.1. The van der Waals surface area contributed by atoms with E-state index in [0.717, 1.165) is 21.9 Å². The topological polar surface area (TPSA) is 58.8 Å². The fourth-order valence-corrected chi connectivity index (χ4v) is 3.06. The van der Waals surface area contributed by atoms with Crippen LogP contribution in [-0.4, -0.2) is 21.6 Å². The van der Waals surface area contributed by atoms with Crippen molar-refractivity contribution < 1.29 is 9.84 Å². The molecule has 3 aromatic rings. The van der Waals surface area contributed by atoms with Gasteiger partial charge in [0.15, 0.2) is 4.96 Å². The summed E-state index contributed by atoms with van der Waals surface area (Å²) in [5, 5.41) is 15.2. The average molecular weight is 303 g/mol. The SMILES string of the molecule is COc1nc2sccn2c1CNc1ccccc1C(C)O. The van der Waals surface area contributed by atoms with Gasteiger partial charge < -0.3 is 15.2 Å². The molecule has 1 aromatic carbocycles. The fraction of sp³-hybridized carbons (Fsp3) is 0.267. The molecule has 0 bridgehead atoms. The second-order valence-electron chi connectivity index (χ2n) is 4.74. The highest BCUT2D eigenvalue weighted by Gasteiger charge is 2.14. The van der Waals surface area contributed by atoms with Gasteiger partial charge in [0.1, 0.15) is 5.69 Å². The highest BCUT2D eigenvalue weighted by molar-refractivity contribution is 7.15. The summed E-state index contributed by atoms with van der Waals surface area (Å²) in [6, 6.07) is 7.74. The number of hydrogen-bond donors (Lipinski definition) is 2. The molecule has 6 heteroatoms. The quantitative estimate of drug-likeness (QED) is 0.760. The lowest BCUT2D eigenvalue weighted by atomic mass is 10.1. The van der Waals surface area contributed by atoms with Crippen LogP contribution in [0.3, 0.4) is 0 Å². The van der Waals surface area contributed by atoms with E-state index in [4.69, 9.17) is 4.74 Å². The number of para-hydroxylation sites is 1. The molecule has 0 aliphatic rings. The van der Waals surface area contributed by atoms with Crippen molar-refractivity contribution in [3.63, 3.8) is 0 Å². The molecule has 0 fully saturated rings. The van der Waals surface area contributed by atoms with E-state index in [9.17, 15) is 5.11 Å². The Morgan fingerprint density at radius 1 is 1.43 bits per heavy atom. The van der Waals surface area contributed by atoms with Gasteiger partial charge in [-0.3, -0.25) is 4.40 Å². The zero-order chi connectivity index (χ0) is 14.8. The van der Waals surface area contributed by atoms with Gasteiger partial charge in [0, 0.05) is 22.8 Å². The Balaban J connectivity index is 1.88. The number of thiazole rings is 1. The van der Waals surface area contributed by atoms with Crippen LogP contribution in [-0.2, 0) is 6.54 Å². The van der Waals surface area contributed by atoms with E-state index in [1.54, 1.807) is 25.4 Å². The zero-order valence-electron chi connectivity index (χ0n) is 11.9. The number of imidazole rings is 1. The molecular weight excluding hydrogens is 286 g/mol. The third kappa shape index (κ3) is 2.59. The number of aromatic nitrogens is 2. The van der Waals surface area contributed by atoms with E-state index in [-0.39, 0.29) is 0 Å². The molecule has 0 amide bonds. The summed E-state index contributed by atoms with van der Waals surface area (Å²) in [6.07, 6.45) is 1.47. The van der Waals surface area contributed by atoms with Crippen LogP contribution in [0.4, 0.5) is 5.69 Å². The predicted molar refractivity (Wildman–Crippen MR) is 84.0 cm³/mol. The number of fused-ring (bicyclic) bond motifs is 1. The minimum atomic E-state index is -0.512. The van der Waals surface area contributed by atoms with E-state index in [1.165, 1.54) is 0 Å². The number of rotatable bonds is 5. The summed E-state index contributed by atoms with van der Waals surface area (Å²) in [4.78, 5) is 5.34. The molecule has 2 N–H and O–H groups in total. The van der Waals surface area contributed by atoms with E-state index < -0.39 is 6.10 Å². The van der Waals surface area contributed by atoms with E-state index in [0.29, 0.717) is 12.4 Å². The maximum absolute atomic E-state index is 9.82. The summed E-state index contributed by atoms with van der Waals surface area (Å²) in [5.74, 6) is 0.629. The van der Waals surface area contributed by atoms with Crippen LogP contribution in [0.2, 0.25) is 0 Å². The molecule has 2 heterocycles. The molecule has 0 saturated carbocycles. The molecule has 1 atom stereocenters. The van der Waals surface area contributed by atoms with Gasteiger partial charge in [0.05, 0.1) is 19.8 Å². The van der Waals surface area contributed by atoms with Gasteiger partial charge in [-0.1, -0.05) is 18.2 Å². The second-order valence-corrected chi connectivity index (χ2v) is 5.61. The molecule has 3 rings (SSSR count). The molecule has 0 aliphatic carbocycles. The van der Waals surface area contributed by atoms with Gasteiger partial charge in [-0.25, -0.2) is 0 Å². The Hall–Kier alpha value is -2.05. The van der Waals surface area contributed by atoms with Crippen molar-refractivity contribution in [1.29, 1.82) is 0 Å². The van der Waals surface area contributed by atoms with Crippen LogP contribution >= 0.6 is 11.3 Å². The lowest BCUT2D eigenvalue weighted by Gasteiger charge is -2.14. The van der Waals surface area contributed by atoms with Crippen LogP contribution in [0.1, 0.15) is 24.3 Å². The number of hydrogen-bond acceptors (Lipinski definition) is 5. The van der Waals surface area contributed by atoms with E-state index >= 15 is 0 Å². The number of methoxy groups -OCH3 is 1. The van der Waals surface area contributed by atoms with Crippen molar-refractivity contribution in [2.75, 3.05) is 12.4 Å². The Morgan fingerprint density at radius 2 is 2.24 bits per heavy atom. The average Bonchev–Trinajstić information content (AvgIpc) is 3.06. The van der Waals surface area contributed by atoms with Gasteiger partial charge in [0.2, 0.25) is 5.88 Å². The number of benzene rings is 1. The Morgan fingerprint density at radius 3 is 3.00 bits per heavy atom. The molecule has 0 aliphatic heterocycles. The van der Waals surface area contributed by atoms with Crippen molar-refractivity contribution in [2.45, 2.75) is 19.6 Å². The number of aliphatic hydroxyl groups is 1. The monoisotopic (exact) mass is 303 g/mol. The predicted octanol–water partition coefficient (Wildman–Crippen LogP) is 3.07. The van der Waals surface area contributed by atoms with Gasteiger partial charge in [-0.2, -0.15) is 4.98 Å². The number of aliphatic hydroxyl groups excluding tert-OH is 1. The summed E-state index contributed by atoms with van der Waals surface area (Å²) in [5.41, 5.74) is 2.76. The maximum Gasteiger partial charge on any atom is 0.238 e. The molecule has 2 aromatic heterocycles. The maximum atomic E-state index is 9.82. The number of ether oxygens (including phenoxy) is 1.